The second-order valence-corrected chi connectivity index (χ2v) is 31.8. The molecule has 0 aliphatic carbocycles. The van der Waals surface area contributed by atoms with Gasteiger partial charge in [0.15, 0.2) is 22.4 Å². The van der Waals surface area contributed by atoms with Crippen molar-refractivity contribution in [3.63, 3.8) is 0 Å². The molecule has 3 N–H and O–H groups in total. The van der Waals surface area contributed by atoms with Crippen LogP contribution in [0.15, 0.2) is 18.2 Å². The van der Waals surface area contributed by atoms with Crippen LogP contribution in [0, 0.1) is 0 Å². The maximum Gasteiger partial charge on any atom is 0.306 e. The van der Waals surface area contributed by atoms with E-state index in [0.717, 1.165) is 56.6 Å². The summed E-state index contributed by atoms with van der Waals surface area (Å²) in [6, 6.07) is 5.72. The summed E-state index contributed by atoms with van der Waals surface area (Å²) in [4.78, 5) is 36.0. The van der Waals surface area contributed by atoms with Crippen molar-refractivity contribution >= 4 is 34.3 Å². The van der Waals surface area contributed by atoms with Crippen molar-refractivity contribution in [1.82, 2.24) is 5.32 Å². The van der Waals surface area contributed by atoms with Crippen molar-refractivity contribution < 1.29 is 37.4 Å². The van der Waals surface area contributed by atoms with Gasteiger partial charge in [-0.25, -0.2) is 0 Å². The summed E-state index contributed by atoms with van der Waals surface area (Å²) < 4.78 is 31.5. The number of hydrogen-bond donors (Lipinski definition) is 2. The number of hydrogen-bond acceptors (Lipinski definition) is 9. The average Bonchev–Trinajstić information content (AvgIpc) is 3.26. The summed E-state index contributed by atoms with van der Waals surface area (Å²) >= 11 is 0. The number of nitrogens with two attached hydrogens (primary N) is 1. The zero-order valence-electron chi connectivity index (χ0n) is 44.6. The molecule has 1 aromatic carbocycles. The van der Waals surface area contributed by atoms with Crippen molar-refractivity contribution in [3.8, 4) is 11.5 Å². The minimum absolute atomic E-state index is 0.0145. The predicted octanol–water partition coefficient (Wildman–Crippen LogP) is 14.3. The quantitative estimate of drug-likeness (QED) is 0.0373. The van der Waals surface area contributed by atoms with Crippen LogP contribution >= 0.6 is 0 Å². The highest BCUT2D eigenvalue weighted by molar-refractivity contribution is 6.78. The Morgan fingerprint density at radius 3 is 1.29 bits per heavy atom. The van der Waals surface area contributed by atoms with Crippen molar-refractivity contribution in [2.45, 2.75) is 251 Å². The van der Waals surface area contributed by atoms with Gasteiger partial charge in [-0.15, -0.1) is 0 Å². The third kappa shape index (κ3) is 23.8. The molecule has 0 fully saturated rings. The SMILES string of the molecule is CC(C)[Si](OCCCCCCCCCCCOc1ccc(COC(=O)CCC(=O)CNC(=O)CN)c(OCCCCCCCCCCCO[Si](C(C)C)(C(C)C)C(C)C)c1)(C(C)C)C(C)C. The van der Waals surface area contributed by atoms with Gasteiger partial charge in [0.1, 0.15) is 18.1 Å². The number of ketones is 1. The number of nitrogens with one attached hydrogen (secondary N) is 1. The zero-order chi connectivity index (χ0) is 49.4. The van der Waals surface area contributed by atoms with Crippen molar-refractivity contribution in [3.05, 3.63) is 23.8 Å². The highest BCUT2D eigenvalue weighted by atomic mass is 28.4. The number of ether oxygens (including phenoxy) is 3. The van der Waals surface area contributed by atoms with E-state index >= 15 is 0 Å². The summed E-state index contributed by atoms with van der Waals surface area (Å²) in [7, 11) is -3.51. The maximum absolute atomic E-state index is 12.5. The van der Waals surface area contributed by atoms with Gasteiger partial charge in [-0.2, -0.15) is 0 Å². The van der Waals surface area contributed by atoms with Gasteiger partial charge in [0.2, 0.25) is 5.91 Å². The summed E-state index contributed by atoms with van der Waals surface area (Å²) in [6.07, 6.45) is 21.6. The highest BCUT2D eigenvalue weighted by Crippen LogP contribution is 2.43. The third-order valence-corrected chi connectivity index (χ3v) is 26.2. The van der Waals surface area contributed by atoms with E-state index in [-0.39, 0.29) is 38.3 Å². The number of carbonyl (C=O) groups is 3. The third-order valence-electron chi connectivity index (χ3n) is 13.9. The normalized spacial score (nSPS) is 12.3. The monoisotopic (exact) mass is 963 g/mol. The summed E-state index contributed by atoms with van der Waals surface area (Å²) in [5, 5.41) is 2.44. The standard InChI is InChI=1S/C54H102N2O8Si2/c1-43(2)65(44(3)4,45(5)6)63-37-29-25-21-17-13-15-19-23-27-35-60-51-33-31-49(42-62-54(59)34-32-50(57)41-56-53(58)40-55)52(39-51)61-36-28-24-20-16-14-18-22-26-30-38-64-66(46(7)8,47(9)10)48(11)12/h31,33,39,43-48H,13-30,32,34-38,40-42,55H2,1-12H3,(H,56,58). The maximum atomic E-state index is 12.5. The van der Waals surface area contributed by atoms with E-state index in [2.05, 4.69) is 88.4 Å². The molecule has 0 spiro atoms. The fourth-order valence-corrected chi connectivity index (χ4v) is 21.5. The van der Waals surface area contributed by atoms with Crippen LogP contribution in [0.5, 0.6) is 11.5 Å². The van der Waals surface area contributed by atoms with Crippen LogP contribution in [0.4, 0.5) is 0 Å². The van der Waals surface area contributed by atoms with Crippen LogP contribution in [0.1, 0.15) is 217 Å². The molecule has 10 nitrogen and oxygen atoms in total. The number of rotatable bonds is 42. The lowest BCUT2D eigenvalue weighted by atomic mass is 10.1. The van der Waals surface area contributed by atoms with Crippen LogP contribution in [0.3, 0.4) is 0 Å². The lowest BCUT2D eigenvalue weighted by Crippen LogP contribution is -2.47. The topological polar surface area (TPSA) is 135 Å². The van der Waals surface area contributed by atoms with Crippen molar-refractivity contribution in [1.29, 1.82) is 0 Å². The second kappa shape index (κ2) is 35.8. The van der Waals surface area contributed by atoms with E-state index in [0.29, 0.717) is 52.2 Å². The Hall–Kier alpha value is -2.26. The van der Waals surface area contributed by atoms with Crippen molar-refractivity contribution in [2.75, 3.05) is 39.5 Å². The molecule has 0 aliphatic heterocycles. The molecule has 0 bridgehead atoms. The summed E-state index contributed by atoms with van der Waals surface area (Å²) in [6.45, 7) is 31.1. The van der Waals surface area contributed by atoms with Gasteiger partial charge in [0.05, 0.1) is 32.7 Å². The number of esters is 1. The van der Waals surface area contributed by atoms with Crippen LogP contribution in [0.25, 0.3) is 0 Å². The molecule has 12 heteroatoms. The molecule has 0 aromatic heterocycles. The number of carbonyl (C=O) groups excluding carboxylic acids is 3. The van der Waals surface area contributed by atoms with Crippen LogP contribution in [-0.2, 0) is 34.6 Å². The first-order valence-electron chi connectivity index (χ1n) is 26.8. The van der Waals surface area contributed by atoms with Gasteiger partial charge in [-0.3, -0.25) is 14.4 Å². The van der Waals surface area contributed by atoms with Gasteiger partial charge in [0.25, 0.3) is 0 Å². The lowest BCUT2D eigenvalue weighted by Gasteiger charge is -2.42. The van der Waals surface area contributed by atoms with Crippen LogP contribution < -0.4 is 20.5 Å². The second-order valence-electron chi connectivity index (χ2n) is 20.8. The molecular weight excluding hydrogens is 861 g/mol. The van der Waals surface area contributed by atoms with Gasteiger partial charge in [-0.05, 0) is 71.1 Å². The Morgan fingerprint density at radius 1 is 0.515 bits per heavy atom. The smallest absolute Gasteiger partial charge is 0.306 e. The predicted molar refractivity (Wildman–Crippen MR) is 281 cm³/mol. The molecule has 0 saturated heterocycles. The Labute approximate surface area is 407 Å². The summed E-state index contributed by atoms with van der Waals surface area (Å²) in [5.41, 5.74) is 9.88. The van der Waals surface area contributed by atoms with Gasteiger partial charge >= 0.3 is 5.97 Å². The first-order valence-corrected chi connectivity index (χ1v) is 31.0. The minimum Gasteiger partial charge on any atom is -0.493 e. The molecule has 0 saturated carbocycles. The minimum atomic E-state index is -1.76. The fourth-order valence-electron chi connectivity index (χ4n) is 10.5. The Balaban J connectivity index is 2.48. The molecule has 0 heterocycles. The molecule has 0 unspecified atom stereocenters. The van der Waals surface area contributed by atoms with Gasteiger partial charge in [0, 0.05) is 31.3 Å². The van der Waals surface area contributed by atoms with Crippen molar-refractivity contribution in [2.24, 2.45) is 5.73 Å². The van der Waals surface area contributed by atoms with E-state index < -0.39 is 28.5 Å². The number of benzene rings is 1. The molecule has 0 radical (unpaired) electrons. The lowest BCUT2D eigenvalue weighted by molar-refractivity contribution is -0.146. The first-order chi connectivity index (χ1) is 31.4. The Bertz CT molecular complexity index is 1390. The zero-order valence-corrected chi connectivity index (χ0v) is 46.6. The Kier molecular flexibility index (Phi) is 33.5. The molecule has 384 valence electrons. The van der Waals surface area contributed by atoms with Crippen LogP contribution in [0.2, 0.25) is 33.2 Å². The fraction of sp³-hybridized carbons (Fsp3) is 0.833. The summed E-state index contributed by atoms with van der Waals surface area (Å²) in [5.74, 6) is 0.266. The molecule has 1 aromatic rings. The largest absolute Gasteiger partial charge is 0.493 e. The van der Waals surface area contributed by atoms with E-state index in [1.54, 1.807) is 0 Å². The van der Waals surface area contributed by atoms with E-state index in [4.69, 9.17) is 28.8 Å². The van der Waals surface area contributed by atoms with E-state index in [1.165, 1.54) is 83.5 Å². The number of Topliss-reactive ketones (excluding diaryl/α,β-unsaturated/α-hetero) is 1. The molecule has 66 heavy (non-hydrogen) atoms. The highest BCUT2D eigenvalue weighted by Gasteiger charge is 2.45. The molecule has 1 amide bonds. The molecular formula is C54H102N2O8Si2. The van der Waals surface area contributed by atoms with E-state index in [1.807, 2.05) is 18.2 Å². The number of unbranched alkanes of at least 4 members (excludes halogenated alkanes) is 16. The van der Waals surface area contributed by atoms with Gasteiger partial charge < -0.3 is 34.1 Å². The number of amides is 1. The van der Waals surface area contributed by atoms with E-state index in [9.17, 15) is 14.4 Å². The Morgan fingerprint density at radius 2 is 0.894 bits per heavy atom. The average molecular weight is 964 g/mol. The van der Waals surface area contributed by atoms with Crippen LogP contribution in [-0.4, -0.2) is 73.8 Å². The first kappa shape index (κ1) is 61.8. The molecule has 1 rings (SSSR count). The molecule has 0 aliphatic rings. The molecule has 0 atom stereocenters. The van der Waals surface area contributed by atoms with Gasteiger partial charge in [-0.1, -0.05) is 173 Å².